The molecule has 6 nitrogen and oxygen atoms in total. The zero-order chi connectivity index (χ0) is 21.0. The van der Waals surface area contributed by atoms with E-state index in [1.54, 1.807) is 25.3 Å². The Balaban J connectivity index is 1.51. The van der Waals surface area contributed by atoms with Crippen molar-refractivity contribution in [2.45, 2.75) is 38.0 Å². The molecule has 1 saturated carbocycles. The average molecular weight is 411 g/mol. The van der Waals surface area contributed by atoms with E-state index in [0.717, 1.165) is 37.2 Å². The van der Waals surface area contributed by atoms with Crippen LogP contribution in [0, 0.1) is 0 Å². The van der Waals surface area contributed by atoms with E-state index in [0.29, 0.717) is 43.4 Å². The summed E-state index contributed by atoms with van der Waals surface area (Å²) in [6.45, 7) is 4.19. The van der Waals surface area contributed by atoms with Gasteiger partial charge in [-0.1, -0.05) is 18.9 Å². The van der Waals surface area contributed by atoms with Gasteiger partial charge in [-0.15, -0.1) is 0 Å². The first-order valence-electron chi connectivity index (χ1n) is 10.6. The number of amides is 1. The van der Waals surface area contributed by atoms with E-state index in [1.165, 1.54) is 5.56 Å². The number of benzene rings is 2. The molecule has 1 aliphatic carbocycles. The third-order valence-electron chi connectivity index (χ3n) is 6.03. The van der Waals surface area contributed by atoms with Crippen LogP contribution in [0.15, 0.2) is 36.4 Å². The average Bonchev–Trinajstić information content (AvgIpc) is 3.28. The van der Waals surface area contributed by atoms with Gasteiger partial charge in [-0.3, -0.25) is 4.79 Å². The van der Waals surface area contributed by atoms with Crippen molar-refractivity contribution >= 4 is 5.91 Å². The molecule has 4 rings (SSSR count). The minimum atomic E-state index is -0.111. The summed E-state index contributed by atoms with van der Waals surface area (Å²) < 4.78 is 22.4. The largest absolute Gasteiger partial charge is 0.493 e. The molecular formula is C24H29NO5. The number of fused-ring (bicyclic) bond motifs is 1. The first-order valence-corrected chi connectivity index (χ1v) is 10.6. The van der Waals surface area contributed by atoms with Crippen LogP contribution in [0.4, 0.5) is 0 Å². The molecule has 0 bridgehead atoms. The van der Waals surface area contributed by atoms with Gasteiger partial charge in [0.25, 0.3) is 5.91 Å². The lowest BCUT2D eigenvalue weighted by atomic mass is 9.78. The van der Waals surface area contributed by atoms with E-state index in [4.69, 9.17) is 18.9 Å². The van der Waals surface area contributed by atoms with E-state index in [1.807, 2.05) is 13.0 Å². The molecule has 0 radical (unpaired) electrons. The van der Waals surface area contributed by atoms with Crippen LogP contribution in [0.3, 0.4) is 0 Å². The summed E-state index contributed by atoms with van der Waals surface area (Å²) in [4.78, 5) is 12.9. The third-order valence-corrected chi connectivity index (χ3v) is 6.03. The van der Waals surface area contributed by atoms with E-state index in [2.05, 4.69) is 17.4 Å². The van der Waals surface area contributed by atoms with Crippen LogP contribution in [0.5, 0.6) is 23.0 Å². The number of nitrogens with one attached hydrogen (secondary N) is 1. The summed E-state index contributed by atoms with van der Waals surface area (Å²) in [6.07, 6.45) is 4.39. The van der Waals surface area contributed by atoms with Crippen LogP contribution in [0.2, 0.25) is 0 Å². The molecule has 1 N–H and O–H groups in total. The van der Waals surface area contributed by atoms with E-state index >= 15 is 0 Å². The fourth-order valence-corrected chi connectivity index (χ4v) is 4.43. The predicted octanol–water partition coefficient (Wildman–Crippen LogP) is 4.11. The standard InChI is InChI=1S/C24H29NO5/c1-3-28-19-8-6-17(14-21(19)27-2)23(26)25-16-24(10-4-5-11-24)18-7-9-20-22(15-18)30-13-12-29-20/h6-9,14-15H,3-5,10-13,16H2,1-2H3,(H,25,26). The summed E-state index contributed by atoms with van der Waals surface area (Å²) in [6, 6.07) is 11.5. The zero-order valence-electron chi connectivity index (χ0n) is 17.7. The quantitative estimate of drug-likeness (QED) is 0.743. The van der Waals surface area contributed by atoms with Crippen molar-refractivity contribution in [1.29, 1.82) is 0 Å². The molecule has 1 fully saturated rings. The van der Waals surface area contributed by atoms with Gasteiger partial charge < -0.3 is 24.3 Å². The van der Waals surface area contributed by atoms with Crippen molar-refractivity contribution in [3.63, 3.8) is 0 Å². The Morgan fingerprint density at radius 3 is 2.53 bits per heavy atom. The monoisotopic (exact) mass is 411 g/mol. The Hall–Kier alpha value is -2.89. The molecule has 0 spiro atoms. The van der Waals surface area contributed by atoms with Gasteiger partial charge in [-0.05, 0) is 55.7 Å². The second kappa shape index (κ2) is 8.86. The highest BCUT2D eigenvalue weighted by atomic mass is 16.6. The van der Waals surface area contributed by atoms with Gasteiger partial charge in [0.05, 0.1) is 13.7 Å². The smallest absolute Gasteiger partial charge is 0.251 e. The van der Waals surface area contributed by atoms with Crippen molar-refractivity contribution in [3.05, 3.63) is 47.5 Å². The second-order valence-corrected chi connectivity index (χ2v) is 7.83. The maximum atomic E-state index is 12.9. The van der Waals surface area contributed by atoms with Gasteiger partial charge in [-0.25, -0.2) is 0 Å². The molecule has 0 atom stereocenters. The molecule has 2 aromatic rings. The third kappa shape index (κ3) is 4.04. The molecule has 2 aromatic carbocycles. The van der Waals surface area contributed by atoms with Crippen molar-refractivity contribution in [3.8, 4) is 23.0 Å². The van der Waals surface area contributed by atoms with Crippen LogP contribution in [-0.4, -0.2) is 39.4 Å². The van der Waals surface area contributed by atoms with Gasteiger partial charge in [-0.2, -0.15) is 0 Å². The molecule has 1 heterocycles. The molecule has 6 heteroatoms. The molecule has 0 aromatic heterocycles. The van der Waals surface area contributed by atoms with Gasteiger partial charge in [0.2, 0.25) is 0 Å². The number of carbonyl (C=O) groups excluding carboxylic acids is 1. The van der Waals surface area contributed by atoms with E-state index in [9.17, 15) is 4.79 Å². The van der Waals surface area contributed by atoms with Gasteiger partial charge in [0, 0.05) is 17.5 Å². The highest BCUT2D eigenvalue weighted by Crippen LogP contribution is 2.44. The number of ether oxygens (including phenoxy) is 4. The predicted molar refractivity (Wildman–Crippen MR) is 114 cm³/mol. The van der Waals surface area contributed by atoms with Crippen LogP contribution in [0.25, 0.3) is 0 Å². The minimum absolute atomic E-state index is 0.0825. The Kier molecular flexibility index (Phi) is 6.02. The highest BCUT2D eigenvalue weighted by molar-refractivity contribution is 5.95. The Labute approximate surface area is 177 Å². The van der Waals surface area contributed by atoms with Crippen molar-refractivity contribution in [2.75, 3.05) is 33.5 Å². The molecular weight excluding hydrogens is 382 g/mol. The topological polar surface area (TPSA) is 66.0 Å². The lowest BCUT2D eigenvalue weighted by Crippen LogP contribution is -2.39. The van der Waals surface area contributed by atoms with E-state index < -0.39 is 0 Å². The number of methoxy groups -OCH3 is 1. The van der Waals surface area contributed by atoms with E-state index in [-0.39, 0.29) is 11.3 Å². The first kappa shape index (κ1) is 20.4. The number of hydrogen-bond donors (Lipinski definition) is 1. The maximum absolute atomic E-state index is 12.9. The van der Waals surface area contributed by atoms with Crippen LogP contribution < -0.4 is 24.3 Å². The number of hydrogen-bond acceptors (Lipinski definition) is 5. The molecule has 2 aliphatic rings. The Morgan fingerprint density at radius 1 is 1.03 bits per heavy atom. The fourth-order valence-electron chi connectivity index (χ4n) is 4.43. The summed E-state index contributed by atoms with van der Waals surface area (Å²) >= 11 is 0. The summed E-state index contributed by atoms with van der Waals surface area (Å²) in [7, 11) is 1.58. The second-order valence-electron chi connectivity index (χ2n) is 7.83. The highest BCUT2D eigenvalue weighted by Gasteiger charge is 2.37. The molecule has 160 valence electrons. The van der Waals surface area contributed by atoms with Crippen molar-refractivity contribution in [1.82, 2.24) is 5.32 Å². The molecule has 30 heavy (non-hydrogen) atoms. The molecule has 1 aliphatic heterocycles. The van der Waals surface area contributed by atoms with Gasteiger partial charge in [0.15, 0.2) is 23.0 Å². The fraction of sp³-hybridized carbons (Fsp3) is 0.458. The molecule has 0 unspecified atom stereocenters. The van der Waals surface area contributed by atoms with Crippen molar-refractivity contribution < 1.29 is 23.7 Å². The SMILES string of the molecule is CCOc1ccc(C(=O)NCC2(c3ccc4c(c3)OCCO4)CCCC2)cc1OC. The summed E-state index contributed by atoms with van der Waals surface area (Å²) in [5, 5.41) is 3.16. The normalized spacial score (nSPS) is 16.7. The minimum Gasteiger partial charge on any atom is -0.493 e. The van der Waals surface area contributed by atoms with Gasteiger partial charge >= 0.3 is 0 Å². The lowest BCUT2D eigenvalue weighted by molar-refractivity contribution is 0.0942. The lowest BCUT2D eigenvalue weighted by Gasteiger charge is -2.31. The Bertz CT molecular complexity index is 904. The molecule has 0 saturated heterocycles. The first-order chi connectivity index (χ1) is 14.6. The van der Waals surface area contributed by atoms with Gasteiger partial charge in [0.1, 0.15) is 13.2 Å². The van der Waals surface area contributed by atoms with Crippen molar-refractivity contribution in [2.24, 2.45) is 0 Å². The Morgan fingerprint density at radius 2 is 1.80 bits per heavy atom. The van der Waals surface area contributed by atoms with Crippen LogP contribution >= 0.6 is 0 Å². The molecule has 1 amide bonds. The number of carbonyl (C=O) groups is 1. The van der Waals surface area contributed by atoms with Crippen LogP contribution in [-0.2, 0) is 5.41 Å². The number of rotatable bonds is 7. The maximum Gasteiger partial charge on any atom is 0.251 e. The summed E-state index contributed by atoms with van der Waals surface area (Å²) in [5.41, 5.74) is 1.68. The summed E-state index contributed by atoms with van der Waals surface area (Å²) in [5.74, 6) is 2.68. The zero-order valence-corrected chi connectivity index (χ0v) is 17.7. The van der Waals surface area contributed by atoms with Crippen LogP contribution in [0.1, 0.15) is 48.5 Å².